The maximum absolute atomic E-state index is 12.4. The van der Waals surface area contributed by atoms with Crippen LogP contribution in [0.1, 0.15) is 15.9 Å². The Morgan fingerprint density at radius 2 is 1.48 bits per heavy atom. The van der Waals surface area contributed by atoms with E-state index in [1.54, 1.807) is 24.3 Å². The minimum Gasteiger partial charge on any atom is -0.457 e. The lowest BCUT2D eigenvalue weighted by Gasteiger charge is -2.10. The van der Waals surface area contributed by atoms with Gasteiger partial charge in [0.15, 0.2) is 0 Å². The van der Waals surface area contributed by atoms with Gasteiger partial charge in [-0.2, -0.15) is 0 Å². The van der Waals surface area contributed by atoms with Crippen molar-refractivity contribution >= 4 is 11.6 Å². The van der Waals surface area contributed by atoms with E-state index in [0.717, 1.165) is 24.4 Å². The highest BCUT2D eigenvalue weighted by molar-refractivity contribution is 6.04. The Hall–Kier alpha value is -3.11. The van der Waals surface area contributed by atoms with Crippen molar-refractivity contribution in [1.29, 1.82) is 0 Å². The standard InChI is InChI=1S/C23H24N2O2/c1-25(2)17-16-18-8-12-20(13-9-18)24-23(26)19-10-14-22(15-11-19)27-21-6-4-3-5-7-21/h3-15H,16-17H2,1-2H3,(H,24,26). The number of carbonyl (C=O) groups excluding carboxylic acids is 1. The van der Waals surface area contributed by atoms with E-state index < -0.39 is 0 Å². The monoisotopic (exact) mass is 360 g/mol. The Balaban J connectivity index is 1.57. The molecule has 0 heterocycles. The zero-order valence-corrected chi connectivity index (χ0v) is 15.7. The maximum Gasteiger partial charge on any atom is 0.255 e. The number of hydrogen-bond acceptors (Lipinski definition) is 3. The molecule has 0 aliphatic rings. The fraction of sp³-hybridized carbons (Fsp3) is 0.174. The Morgan fingerprint density at radius 3 is 2.11 bits per heavy atom. The first-order valence-electron chi connectivity index (χ1n) is 8.98. The fourth-order valence-electron chi connectivity index (χ4n) is 2.61. The molecule has 27 heavy (non-hydrogen) atoms. The van der Waals surface area contributed by atoms with E-state index in [9.17, 15) is 4.79 Å². The minimum atomic E-state index is -0.137. The molecule has 0 aliphatic heterocycles. The van der Waals surface area contributed by atoms with E-state index in [2.05, 4.69) is 36.4 Å². The summed E-state index contributed by atoms with van der Waals surface area (Å²) in [6.07, 6.45) is 0.990. The van der Waals surface area contributed by atoms with Crippen molar-refractivity contribution in [2.75, 3.05) is 26.0 Å². The molecule has 0 radical (unpaired) electrons. The van der Waals surface area contributed by atoms with Gasteiger partial charge in [0.2, 0.25) is 0 Å². The van der Waals surface area contributed by atoms with Crippen LogP contribution in [0.25, 0.3) is 0 Å². The van der Waals surface area contributed by atoms with Crippen LogP contribution in [0.5, 0.6) is 11.5 Å². The normalized spacial score (nSPS) is 10.6. The van der Waals surface area contributed by atoms with E-state index >= 15 is 0 Å². The Labute approximate surface area is 160 Å². The highest BCUT2D eigenvalue weighted by Gasteiger charge is 2.07. The van der Waals surface area contributed by atoms with Crippen LogP contribution in [0.2, 0.25) is 0 Å². The molecule has 4 heteroatoms. The molecule has 4 nitrogen and oxygen atoms in total. The minimum absolute atomic E-state index is 0.137. The summed E-state index contributed by atoms with van der Waals surface area (Å²) in [6, 6.07) is 24.7. The second-order valence-corrected chi connectivity index (χ2v) is 6.64. The first-order chi connectivity index (χ1) is 13.1. The molecule has 138 valence electrons. The van der Waals surface area contributed by atoms with Crippen LogP contribution in [0, 0.1) is 0 Å². The van der Waals surface area contributed by atoms with E-state index in [1.807, 2.05) is 42.5 Å². The number of likely N-dealkylation sites (N-methyl/N-ethyl adjacent to an activating group) is 1. The second kappa shape index (κ2) is 9.01. The summed E-state index contributed by atoms with van der Waals surface area (Å²) in [4.78, 5) is 14.6. The van der Waals surface area contributed by atoms with Gasteiger partial charge in [0.05, 0.1) is 0 Å². The summed E-state index contributed by atoms with van der Waals surface area (Å²) in [5, 5.41) is 2.93. The Morgan fingerprint density at radius 1 is 0.852 bits per heavy atom. The highest BCUT2D eigenvalue weighted by atomic mass is 16.5. The van der Waals surface area contributed by atoms with Crippen LogP contribution in [0.4, 0.5) is 5.69 Å². The molecule has 0 aliphatic carbocycles. The van der Waals surface area contributed by atoms with E-state index in [0.29, 0.717) is 11.3 Å². The van der Waals surface area contributed by atoms with Crippen LogP contribution < -0.4 is 10.1 Å². The quantitative estimate of drug-likeness (QED) is 0.656. The Bertz CT molecular complexity index is 857. The topological polar surface area (TPSA) is 41.6 Å². The van der Waals surface area contributed by atoms with Gasteiger partial charge in [0.1, 0.15) is 11.5 Å². The number of ether oxygens (including phenoxy) is 1. The van der Waals surface area contributed by atoms with Gasteiger partial charge in [-0.25, -0.2) is 0 Å². The summed E-state index contributed by atoms with van der Waals surface area (Å²) in [5.74, 6) is 1.33. The number of para-hydroxylation sites is 1. The molecule has 1 N–H and O–H groups in total. The molecule has 0 atom stereocenters. The molecule has 0 bridgehead atoms. The number of nitrogens with one attached hydrogen (secondary N) is 1. The van der Waals surface area contributed by atoms with E-state index in [1.165, 1.54) is 5.56 Å². The van der Waals surface area contributed by atoms with Gasteiger partial charge in [0.25, 0.3) is 5.91 Å². The maximum atomic E-state index is 12.4. The molecule has 0 saturated carbocycles. The van der Waals surface area contributed by atoms with Crippen molar-refractivity contribution in [2.45, 2.75) is 6.42 Å². The van der Waals surface area contributed by atoms with Gasteiger partial charge < -0.3 is 15.0 Å². The van der Waals surface area contributed by atoms with Crippen molar-refractivity contribution < 1.29 is 9.53 Å². The molecule has 0 fully saturated rings. The number of amides is 1. The lowest BCUT2D eigenvalue weighted by Crippen LogP contribution is -2.15. The second-order valence-electron chi connectivity index (χ2n) is 6.64. The molecular formula is C23H24N2O2. The van der Waals surface area contributed by atoms with Gasteiger partial charge in [-0.15, -0.1) is 0 Å². The largest absolute Gasteiger partial charge is 0.457 e. The van der Waals surface area contributed by atoms with Crippen molar-refractivity contribution in [3.63, 3.8) is 0 Å². The smallest absolute Gasteiger partial charge is 0.255 e. The number of anilines is 1. The zero-order valence-electron chi connectivity index (χ0n) is 15.7. The molecule has 0 unspecified atom stereocenters. The van der Waals surface area contributed by atoms with Gasteiger partial charge in [0, 0.05) is 17.8 Å². The molecular weight excluding hydrogens is 336 g/mol. The number of benzene rings is 3. The third kappa shape index (κ3) is 5.69. The summed E-state index contributed by atoms with van der Waals surface area (Å²) < 4.78 is 5.75. The van der Waals surface area contributed by atoms with Crippen molar-refractivity contribution in [3.05, 3.63) is 90.0 Å². The van der Waals surface area contributed by atoms with E-state index in [4.69, 9.17) is 4.74 Å². The Kier molecular flexibility index (Phi) is 6.23. The van der Waals surface area contributed by atoms with Crippen molar-refractivity contribution in [2.24, 2.45) is 0 Å². The number of hydrogen-bond donors (Lipinski definition) is 1. The summed E-state index contributed by atoms with van der Waals surface area (Å²) in [7, 11) is 4.12. The molecule has 3 aromatic carbocycles. The third-order valence-corrected chi connectivity index (χ3v) is 4.15. The molecule has 3 rings (SSSR count). The van der Waals surface area contributed by atoms with Crippen molar-refractivity contribution in [1.82, 2.24) is 4.90 Å². The molecule has 0 aromatic heterocycles. The van der Waals surface area contributed by atoms with Crippen LogP contribution in [0.3, 0.4) is 0 Å². The van der Waals surface area contributed by atoms with Gasteiger partial charge in [-0.3, -0.25) is 4.79 Å². The van der Waals surface area contributed by atoms with Crippen molar-refractivity contribution in [3.8, 4) is 11.5 Å². The first-order valence-corrected chi connectivity index (χ1v) is 8.98. The summed E-state index contributed by atoms with van der Waals surface area (Å²) in [6.45, 7) is 1.00. The van der Waals surface area contributed by atoms with Gasteiger partial charge in [-0.1, -0.05) is 30.3 Å². The van der Waals surface area contributed by atoms with Gasteiger partial charge in [-0.05, 0) is 74.6 Å². The zero-order chi connectivity index (χ0) is 19.1. The molecule has 0 spiro atoms. The number of rotatable bonds is 7. The highest BCUT2D eigenvalue weighted by Crippen LogP contribution is 2.21. The average Bonchev–Trinajstić information content (AvgIpc) is 2.69. The summed E-state index contributed by atoms with van der Waals surface area (Å²) in [5.41, 5.74) is 2.63. The van der Waals surface area contributed by atoms with E-state index in [-0.39, 0.29) is 5.91 Å². The SMILES string of the molecule is CN(C)CCc1ccc(NC(=O)c2ccc(Oc3ccccc3)cc2)cc1. The first kappa shape index (κ1) is 18.7. The molecule has 3 aromatic rings. The lowest BCUT2D eigenvalue weighted by atomic mass is 10.1. The number of carbonyl (C=O) groups is 1. The van der Waals surface area contributed by atoms with Crippen LogP contribution in [-0.4, -0.2) is 31.4 Å². The third-order valence-electron chi connectivity index (χ3n) is 4.15. The average molecular weight is 360 g/mol. The fourth-order valence-corrected chi connectivity index (χ4v) is 2.61. The van der Waals surface area contributed by atoms with Crippen LogP contribution in [0.15, 0.2) is 78.9 Å². The predicted octanol–water partition coefficient (Wildman–Crippen LogP) is 4.84. The van der Waals surface area contributed by atoms with Crippen LogP contribution in [-0.2, 0) is 6.42 Å². The number of nitrogens with zero attached hydrogens (tertiary/aromatic N) is 1. The van der Waals surface area contributed by atoms with Gasteiger partial charge >= 0.3 is 0 Å². The van der Waals surface area contributed by atoms with Crippen LogP contribution >= 0.6 is 0 Å². The predicted molar refractivity (Wildman–Crippen MR) is 110 cm³/mol. The lowest BCUT2D eigenvalue weighted by molar-refractivity contribution is 0.102. The molecule has 1 amide bonds. The molecule has 0 saturated heterocycles. The summed E-state index contributed by atoms with van der Waals surface area (Å²) >= 11 is 0.